The van der Waals surface area contributed by atoms with Crippen LogP contribution in [-0.4, -0.2) is 30.1 Å². The molecule has 27 heavy (non-hydrogen) atoms. The topological polar surface area (TPSA) is 90.5 Å². The predicted octanol–water partition coefficient (Wildman–Crippen LogP) is 3.83. The van der Waals surface area contributed by atoms with Gasteiger partial charge in [0.05, 0.1) is 23.1 Å². The van der Waals surface area contributed by atoms with E-state index in [1.165, 1.54) is 0 Å². The predicted molar refractivity (Wildman–Crippen MR) is 101 cm³/mol. The average molecular weight is 358 g/mol. The van der Waals surface area contributed by atoms with E-state index in [4.69, 9.17) is 9.51 Å². The first-order valence-electron chi connectivity index (χ1n) is 8.69. The molecule has 4 aromatic rings. The summed E-state index contributed by atoms with van der Waals surface area (Å²) in [6.45, 7) is 5.90. The Morgan fingerprint density at radius 2 is 1.89 bits per heavy atom. The van der Waals surface area contributed by atoms with Crippen molar-refractivity contribution >= 4 is 0 Å². The molecule has 0 unspecified atom stereocenters. The van der Waals surface area contributed by atoms with Gasteiger partial charge in [-0.15, -0.1) is 0 Å². The van der Waals surface area contributed by atoms with Gasteiger partial charge in [0.1, 0.15) is 11.4 Å². The lowest BCUT2D eigenvalue weighted by Gasteiger charge is -2.09. The summed E-state index contributed by atoms with van der Waals surface area (Å²) >= 11 is 0. The summed E-state index contributed by atoms with van der Waals surface area (Å²) in [5.41, 5.74) is 5.62. The zero-order chi connectivity index (χ0) is 18.8. The van der Waals surface area contributed by atoms with E-state index in [0.29, 0.717) is 23.0 Å². The van der Waals surface area contributed by atoms with Gasteiger partial charge >= 0.3 is 0 Å². The first kappa shape index (κ1) is 17.0. The maximum atomic E-state index is 5.61. The first-order chi connectivity index (χ1) is 13.2. The minimum atomic E-state index is 0.568. The Bertz CT molecular complexity index is 1070. The molecule has 0 saturated carbocycles. The fourth-order valence-corrected chi connectivity index (χ4v) is 2.91. The van der Waals surface area contributed by atoms with Gasteiger partial charge in [-0.2, -0.15) is 0 Å². The molecule has 0 aromatic carbocycles. The standard InChI is InChI=1S/C20H18N6O/c1-4-15-13(3)26-27-19(15)16-10-24-20(14-6-5-7-21-9-14)25-18(16)17-11-22-12(2)8-23-17/h5-11H,4H2,1-3H3. The summed E-state index contributed by atoms with van der Waals surface area (Å²) in [6, 6.07) is 3.77. The van der Waals surface area contributed by atoms with Crippen LogP contribution in [0.25, 0.3) is 34.1 Å². The molecule has 0 bridgehead atoms. The molecule has 0 saturated heterocycles. The number of aromatic nitrogens is 6. The van der Waals surface area contributed by atoms with Crippen LogP contribution < -0.4 is 0 Å². The summed E-state index contributed by atoms with van der Waals surface area (Å²) in [5.74, 6) is 1.24. The van der Waals surface area contributed by atoms with E-state index in [9.17, 15) is 0 Å². The van der Waals surface area contributed by atoms with Gasteiger partial charge < -0.3 is 4.52 Å². The highest BCUT2D eigenvalue weighted by molar-refractivity contribution is 5.78. The molecule has 4 heterocycles. The highest BCUT2D eigenvalue weighted by atomic mass is 16.5. The lowest BCUT2D eigenvalue weighted by Crippen LogP contribution is -1.99. The average Bonchev–Trinajstić information content (AvgIpc) is 3.09. The van der Waals surface area contributed by atoms with Crippen molar-refractivity contribution in [2.75, 3.05) is 0 Å². The van der Waals surface area contributed by atoms with Crippen LogP contribution in [0.2, 0.25) is 0 Å². The molecule has 4 rings (SSSR count). The zero-order valence-electron chi connectivity index (χ0n) is 15.3. The smallest absolute Gasteiger partial charge is 0.174 e. The molecule has 0 amide bonds. The van der Waals surface area contributed by atoms with Gasteiger partial charge in [-0.25, -0.2) is 9.97 Å². The molecule has 0 aliphatic rings. The van der Waals surface area contributed by atoms with Crippen molar-refractivity contribution in [1.82, 2.24) is 30.1 Å². The Morgan fingerprint density at radius 3 is 2.59 bits per heavy atom. The van der Waals surface area contributed by atoms with Crippen LogP contribution in [0.4, 0.5) is 0 Å². The molecule has 134 valence electrons. The minimum absolute atomic E-state index is 0.568. The van der Waals surface area contributed by atoms with Crippen molar-refractivity contribution in [3.8, 4) is 34.1 Å². The van der Waals surface area contributed by atoms with Gasteiger partial charge in [0.15, 0.2) is 11.6 Å². The van der Waals surface area contributed by atoms with Crippen molar-refractivity contribution in [2.24, 2.45) is 0 Å². The molecular weight excluding hydrogens is 340 g/mol. The normalized spacial score (nSPS) is 10.9. The number of nitrogens with zero attached hydrogens (tertiary/aromatic N) is 6. The molecule has 0 fully saturated rings. The molecule has 0 atom stereocenters. The Labute approximate surface area is 156 Å². The largest absolute Gasteiger partial charge is 0.356 e. The molecule has 0 spiro atoms. The minimum Gasteiger partial charge on any atom is -0.356 e. The van der Waals surface area contributed by atoms with Gasteiger partial charge in [-0.05, 0) is 32.4 Å². The Kier molecular flexibility index (Phi) is 4.42. The molecule has 4 aromatic heterocycles. The summed E-state index contributed by atoms with van der Waals surface area (Å²) in [6.07, 6.45) is 9.43. The SMILES string of the molecule is CCc1c(C)noc1-c1cnc(-c2cccnc2)nc1-c1cnc(C)cn1. The van der Waals surface area contributed by atoms with E-state index in [1.807, 2.05) is 26.0 Å². The first-order valence-corrected chi connectivity index (χ1v) is 8.69. The van der Waals surface area contributed by atoms with Crippen LogP contribution in [0.1, 0.15) is 23.9 Å². The molecular formula is C20H18N6O. The molecule has 0 aliphatic heterocycles. The van der Waals surface area contributed by atoms with E-state index in [-0.39, 0.29) is 0 Å². The second-order valence-corrected chi connectivity index (χ2v) is 6.17. The molecule has 0 N–H and O–H groups in total. The van der Waals surface area contributed by atoms with Crippen LogP contribution in [0.15, 0.2) is 47.6 Å². The van der Waals surface area contributed by atoms with E-state index in [0.717, 1.165) is 34.5 Å². The number of hydrogen-bond donors (Lipinski definition) is 0. The lowest BCUT2D eigenvalue weighted by atomic mass is 10.0. The fourth-order valence-electron chi connectivity index (χ4n) is 2.91. The monoisotopic (exact) mass is 358 g/mol. The van der Waals surface area contributed by atoms with Gasteiger partial charge in [0, 0.05) is 35.9 Å². The van der Waals surface area contributed by atoms with Crippen LogP contribution in [0, 0.1) is 13.8 Å². The van der Waals surface area contributed by atoms with E-state index < -0.39 is 0 Å². The van der Waals surface area contributed by atoms with Crippen molar-refractivity contribution in [3.63, 3.8) is 0 Å². The summed E-state index contributed by atoms with van der Waals surface area (Å²) in [5, 5.41) is 4.12. The molecule has 0 aliphatic carbocycles. The van der Waals surface area contributed by atoms with Crippen LogP contribution in [-0.2, 0) is 6.42 Å². The molecule has 0 radical (unpaired) electrons. The van der Waals surface area contributed by atoms with E-state index >= 15 is 0 Å². The fraction of sp³-hybridized carbons (Fsp3) is 0.200. The second kappa shape index (κ2) is 7.03. The highest BCUT2D eigenvalue weighted by Gasteiger charge is 2.21. The summed E-state index contributed by atoms with van der Waals surface area (Å²) in [4.78, 5) is 22.3. The number of hydrogen-bond acceptors (Lipinski definition) is 7. The Hall–Kier alpha value is -3.48. The van der Waals surface area contributed by atoms with E-state index in [1.54, 1.807) is 31.0 Å². The maximum Gasteiger partial charge on any atom is 0.174 e. The third-order valence-corrected chi connectivity index (χ3v) is 4.31. The molecule has 7 nitrogen and oxygen atoms in total. The van der Waals surface area contributed by atoms with Crippen LogP contribution in [0.3, 0.4) is 0 Å². The molecule has 7 heteroatoms. The summed E-state index contributed by atoms with van der Waals surface area (Å²) < 4.78 is 5.61. The van der Waals surface area contributed by atoms with Gasteiger partial charge in [0.2, 0.25) is 0 Å². The number of pyridine rings is 1. The summed E-state index contributed by atoms with van der Waals surface area (Å²) in [7, 11) is 0. The Morgan fingerprint density at radius 1 is 1.00 bits per heavy atom. The zero-order valence-corrected chi connectivity index (χ0v) is 15.3. The number of aryl methyl sites for hydroxylation is 2. The van der Waals surface area contributed by atoms with Gasteiger partial charge in [0.25, 0.3) is 0 Å². The third-order valence-electron chi connectivity index (χ3n) is 4.31. The quantitative estimate of drug-likeness (QED) is 0.547. The van der Waals surface area contributed by atoms with Crippen molar-refractivity contribution < 1.29 is 4.52 Å². The van der Waals surface area contributed by atoms with Crippen LogP contribution >= 0.6 is 0 Å². The van der Waals surface area contributed by atoms with Gasteiger partial charge in [-0.3, -0.25) is 15.0 Å². The van der Waals surface area contributed by atoms with Crippen LogP contribution in [0.5, 0.6) is 0 Å². The van der Waals surface area contributed by atoms with E-state index in [2.05, 4.69) is 32.0 Å². The Balaban J connectivity index is 1.94. The van der Waals surface area contributed by atoms with Crippen molar-refractivity contribution in [3.05, 3.63) is 60.1 Å². The third kappa shape index (κ3) is 3.19. The van der Waals surface area contributed by atoms with Gasteiger partial charge in [-0.1, -0.05) is 12.1 Å². The van der Waals surface area contributed by atoms with Crippen molar-refractivity contribution in [2.45, 2.75) is 27.2 Å². The number of rotatable bonds is 4. The lowest BCUT2D eigenvalue weighted by molar-refractivity contribution is 0.426. The highest BCUT2D eigenvalue weighted by Crippen LogP contribution is 2.34. The maximum absolute atomic E-state index is 5.61. The van der Waals surface area contributed by atoms with Crippen molar-refractivity contribution in [1.29, 1.82) is 0 Å². The second-order valence-electron chi connectivity index (χ2n) is 6.17.